The first-order valence-electron chi connectivity index (χ1n) is 11.9. The Kier molecular flexibility index (Phi) is 7.45. The van der Waals surface area contributed by atoms with Crippen LogP contribution in [0.1, 0.15) is 60.3 Å². The zero-order valence-electron chi connectivity index (χ0n) is 20.3. The predicted octanol–water partition coefficient (Wildman–Crippen LogP) is 3.24. The number of carbonyl (C=O) groups is 3. The zero-order valence-corrected chi connectivity index (χ0v) is 20.3. The lowest BCUT2D eigenvalue weighted by molar-refractivity contribution is -0.149. The summed E-state index contributed by atoms with van der Waals surface area (Å²) in [4.78, 5) is 40.7. The molecule has 6 nitrogen and oxygen atoms in total. The number of ketones is 2. The Labute approximate surface area is 191 Å². The van der Waals surface area contributed by atoms with Crippen LogP contribution in [0.25, 0.3) is 0 Å². The summed E-state index contributed by atoms with van der Waals surface area (Å²) in [7, 11) is 1.43. The number of aliphatic hydroxyl groups excluding tert-OH is 1. The lowest BCUT2D eigenvalue weighted by Crippen LogP contribution is -2.53. The SMILES string of the molecule is CO[C@@H]1CC(=O)[C@@]23C(=O)N[C@@H](CC(C)C)[C@@H]2[C@H](C)C(C)=C[C@@H]3C=C(C)C[C@H](CO)CC1=O. The monoisotopic (exact) mass is 445 g/mol. The van der Waals surface area contributed by atoms with E-state index in [9.17, 15) is 19.5 Å². The number of ether oxygens (including phenoxy) is 1. The van der Waals surface area contributed by atoms with E-state index in [4.69, 9.17) is 4.74 Å². The highest BCUT2D eigenvalue weighted by atomic mass is 16.5. The molecule has 1 fully saturated rings. The molecule has 0 bridgehead atoms. The molecule has 1 amide bonds. The fraction of sp³-hybridized carbons (Fsp3) is 0.731. The van der Waals surface area contributed by atoms with E-state index in [0.717, 1.165) is 12.0 Å². The van der Waals surface area contributed by atoms with E-state index in [1.54, 1.807) is 0 Å². The molecule has 0 aromatic carbocycles. The maximum Gasteiger partial charge on any atom is 0.235 e. The molecule has 178 valence electrons. The van der Waals surface area contributed by atoms with Gasteiger partial charge in [-0.05, 0) is 44.4 Å². The van der Waals surface area contributed by atoms with Gasteiger partial charge in [0.15, 0.2) is 11.6 Å². The lowest BCUT2D eigenvalue weighted by Gasteiger charge is -2.45. The van der Waals surface area contributed by atoms with Crippen LogP contribution in [0.4, 0.5) is 0 Å². The van der Waals surface area contributed by atoms with E-state index in [1.807, 2.05) is 13.0 Å². The molecule has 6 heteroatoms. The van der Waals surface area contributed by atoms with Crippen molar-refractivity contribution in [1.29, 1.82) is 0 Å². The highest BCUT2D eigenvalue weighted by molar-refractivity contribution is 6.10. The number of aliphatic hydroxyl groups is 1. The summed E-state index contributed by atoms with van der Waals surface area (Å²) in [6.45, 7) is 10.3. The van der Waals surface area contributed by atoms with Crippen molar-refractivity contribution >= 4 is 17.5 Å². The summed E-state index contributed by atoms with van der Waals surface area (Å²) in [5.41, 5.74) is 0.934. The molecular weight excluding hydrogens is 406 g/mol. The number of carbonyl (C=O) groups excluding carboxylic acids is 3. The number of rotatable bonds is 4. The molecule has 3 aliphatic rings. The van der Waals surface area contributed by atoms with Crippen molar-refractivity contribution in [1.82, 2.24) is 5.32 Å². The molecule has 7 atom stereocenters. The van der Waals surface area contributed by atoms with Crippen LogP contribution in [0.15, 0.2) is 23.3 Å². The minimum Gasteiger partial charge on any atom is -0.396 e. The maximum absolute atomic E-state index is 14.0. The number of allylic oxidation sites excluding steroid dienone is 4. The van der Waals surface area contributed by atoms with E-state index < -0.39 is 11.5 Å². The molecule has 32 heavy (non-hydrogen) atoms. The first kappa shape index (κ1) is 24.8. The Bertz CT molecular complexity index is 828. The fourth-order valence-corrected chi connectivity index (χ4v) is 6.32. The van der Waals surface area contributed by atoms with Gasteiger partial charge in [0.1, 0.15) is 11.5 Å². The van der Waals surface area contributed by atoms with E-state index in [1.165, 1.54) is 12.7 Å². The second-order valence-electron chi connectivity index (χ2n) is 10.6. The summed E-state index contributed by atoms with van der Waals surface area (Å²) >= 11 is 0. The predicted molar refractivity (Wildman–Crippen MR) is 123 cm³/mol. The van der Waals surface area contributed by atoms with Gasteiger partial charge in [-0.15, -0.1) is 0 Å². The Hall–Kier alpha value is -1.79. The van der Waals surface area contributed by atoms with Crippen molar-refractivity contribution in [3.8, 4) is 0 Å². The first-order chi connectivity index (χ1) is 15.1. The quantitative estimate of drug-likeness (QED) is 0.512. The van der Waals surface area contributed by atoms with Gasteiger partial charge in [-0.3, -0.25) is 14.4 Å². The van der Waals surface area contributed by atoms with Gasteiger partial charge in [-0.1, -0.05) is 44.1 Å². The molecule has 1 spiro atoms. The molecule has 1 aliphatic heterocycles. The number of Topliss-reactive ketones (excluding diaryl/α,β-unsaturated/α-hetero) is 2. The van der Waals surface area contributed by atoms with E-state index >= 15 is 0 Å². The minimum atomic E-state index is -1.24. The second-order valence-corrected chi connectivity index (χ2v) is 10.6. The van der Waals surface area contributed by atoms with Gasteiger partial charge < -0.3 is 15.2 Å². The van der Waals surface area contributed by atoms with Crippen molar-refractivity contribution in [2.24, 2.45) is 35.0 Å². The Morgan fingerprint density at radius 1 is 1.16 bits per heavy atom. The number of methoxy groups -OCH3 is 1. The third kappa shape index (κ3) is 4.24. The van der Waals surface area contributed by atoms with Crippen molar-refractivity contribution < 1.29 is 24.2 Å². The fourth-order valence-electron chi connectivity index (χ4n) is 6.32. The van der Waals surface area contributed by atoms with Crippen molar-refractivity contribution in [2.75, 3.05) is 13.7 Å². The van der Waals surface area contributed by atoms with Crippen LogP contribution in [0.3, 0.4) is 0 Å². The van der Waals surface area contributed by atoms with Gasteiger partial charge in [0, 0.05) is 44.4 Å². The summed E-state index contributed by atoms with van der Waals surface area (Å²) in [5, 5.41) is 13.0. The van der Waals surface area contributed by atoms with Crippen LogP contribution < -0.4 is 5.32 Å². The highest BCUT2D eigenvalue weighted by Gasteiger charge is 2.65. The van der Waals surface area contributed by atoms with Gasteiger partial charge in [0.05, 0.1) is 0 Å². The third-order valence-corrected chi connectivity index (χ3v) is 7.90. The molecule has 3 rings (SSSR count). The van der Waals surface area contributed by atoms with Gasteiger partial charge in [-0.2, -0.15) is 0 Å². The summed E-state index contributed by atoms with van der Waals surface area (Å²) < 4.78 is 5.45. The van der Waals surface area contributed by atoms with Gasteiger partial charge in [0.25, 0.3) is 0 Å². The highest BCUT2D eigenvalue weighted by Crippen LogP contribution is 2.55. The number of amides is 1. The lowest BCUT2D eigenvalue weighted by atomic mass is 9.54. The summed E-state index contributed by atoms with van der Waals surface area (Å²) in [5.74, 6) is -0.951. The average Bonchev–Trinajstić information content (AvgIpc) is 3.00. The zero-order chi connectivity index (χ0) is 23.8. The van der Waals surface area contributed by atoms with Gasteiger partial charge in [0.2, 0.25) is 5.91 Å². The molecule has 2 N–H and O–H groups in total. The summed E-state index contributed by atoms with van der Waals surface area (Å²) in [6, 6.07) is -0.0895. The Balaban J connectivity index is 2.20. The number of hydrogen-bond donors (Lipinski definition) is 2. The molecule has 0 radical (unpaired) electrons. The van der Waals surface area contributed by atoms with Crippen LogP contribution in [0, 0.1) is 35.0 Å². The first-order valence-corrected chi connectivity index (χ1v) is 11.9. The topological polar surface area (TPSA) is 92.7 Å². The van der Waals surface area contributed by atoms with Crippen molar-refractivity contribution in [2.45, 2.75) is 72.4 Å². The Morgan fingerprint density at radius 3 is 2.44 bits per heavy atom. The molecular formula is C26H39NO5. The molecule has 0 aromatic rings. The average molecular weight is 446 g/mol. The summed E-state index contributed by atoms with van der Waals surface area (Å²) in [6.07, 6.45) is 4.61. The molecule has 0 aromatic heterocycles. The number of hydrogen-bond acceptors (Lipinski definition) is 5. The second kappa shape index (κ2) is 9.60. The van der Waals surface area contributed by atoms with Crippen LogP contribution >= 0.6 is 0 Å². The maximum atomic E-state index is 14.0. The third-order valence-electron chi connectivity index (χ3n) is 7.90. The standard InChI is InChI=1S/C26H39NO5/c1-14(2)7-20-24-17(5)16(4)10-19-9-15(3)8-18(13-28)11-21(29)22(32-6)12-23(30)26(19,24)25(31)27-20/h9-10,14,17-20,22,24,28H,7-8,11-13H2,1-6H3,(H,27,31)/t17-,18+,19+,20+,22-,24+,26-/m1/s1. The molecule has 1 saturated heterocycles. The van der Waals surface area contributed by atoms with Crippen LogP contribution in [-0.4, -0.2) is 48.4 Å². The Morgan fingerprint density at radius 2 is 1.84 bits per heavy atom. The number of nitrogens with one attached hydrogen (secondary N) is 1. The molecule has 2 aliphatic carbocycles. The molecule has 0 unspecified atom stereocenters. The van der Waals surface area contributed by atoms with E-state index in [0.29, 0.717) is 12.3 Å². The van der Waals surface area contributed by atoms with Crippen LogP contribution in [0.5, 0.6) is 0 Å². The van der Waals surface area contributed by atoms with Crippen molar-refractivity contribution in [3.63, 3.8) is 0 Å². The van der Waals surface area contributed by atoms with Gasteiger partial charge >= 0.3 is 0 Å². The molecule has 1 heterocycles. The molecule has 0 saturated carbocycles. The van der Waals surface area contributed by atoms with Crippen LogP contribution in [-0.2, 0) is 19.1 Å². The van der Waals surface area contributed by atoms with Crippen molar-refractivity contribution in [3.05, 3.63) is 23.3 Å². The minimum absolute atomic E-state index is 0.0682. The van der Waals surface area contributed by atoms with Gasteiger partial charge in [-0.25, -0.2) is 0 Å². The normalized spacial score (nSPS) is 38.4. The van der Waals surface area contributed by atoms with E-state index in [-0.39, 0.29) is 66.6 Å². The van der Waals surface area contributed by atoms with E-state index in [2.05, 4.69) is 39.1 Å². The smallest absolute Gasteiger partial charge is 0.235 e. The largest absolute Gasteiger partial charge is 0.396 e. The van der Waals surface area contributed by atoms with Crippen LogP contribution in [0.2, 0.25) is 0 Å².